The summed E-state index contributed by atoms with van der Waals surface area (Å²) in [5.74, 6) is 1.61. The van der Waals surface area contributed by atoms with Gasteiger partial charge in [0.2, 0.25) is 0 Å². The van der Waals surface area contributed by atoms with Gasteiger partial charge in [0.15, 0.2) is 5.65 Å². The van der Waals surface area contributed by atoms with Gasteiger partial charge in [-0.15, -0.1) is 0 Å². The largest absolute Gasteiger partial charge is 0.369 e. The van der Waals surface area contributed by atoms with Gasteiger partial charge < -0.3 is 5.32 Å². The van der Waals surface area contributed by atoms with Crippen molar-refractivity contribution in [2.75, 3.05) is 11.9 Å². The minimum absolute atomic E-state index is 0.746. The number of nitrogens with one attached hydrogen (secondary N) is 1. The van der Waals surface area contributed by atoms with Crippen LogP contribution in [0, 0.1) is 13.8 Å². The minimum atomic E-state index is 0.746. The van der Waals surface area contributed by atoms with E-state index in [1.165, 1.54) is 5.56 Å². The fraction of sp³-hybridized carbons (Fsp3) is 0.312. The van der Waals surface area contributed by atoms with E-state index in [0.29, 0.717) is 0 Å². The molecule has 0 unspecified atom stereocenters. The van der Waals surface area contributed by atoms with E-state index in [0.717, 1.165) is 41.3 Å². The second-order valence-electron chi connectivity index (χ2n) is 5.18. The fourth-order valence-electron chi connectivity index (χ4n) is 2.34. The van der Waals surface area contributed by atoms with E-state index in [1.54, 1.807) is 0 Å². The molecule has 5 heteroatoms. The van der Waals surface area contributed by atoms with Crippen molar-refractivity contribution in [3.8, 4) is 5.69 Å². The number of hydrogen-bond acceptors (Lipinski definition) is 4. The van der Waals surface area contributed by atoms with Gasteiger partial charge >= 0.3 is 0 Å². The van der Waals surface area contributed by atoms with Gasteiger partial charge in [0, 0.05) is 6.54 Å². The maximum Gasteiger partial charge on any atom is 0.168 e. The molecule has 0 atom stereocenters. The third kappa shape index (κ3) is 2.59. The van der Waals surface area contributed by atoms with Crippen molar-refractivity contribution in [3.05, 3.63) is 41.9 Å². The summed E-state index contributed by atoms with van der Waals surface area (Å²) in [7, 11) is 0. The summed E-state index contributed by atoms with van der Waals surface area (Å²) in [5.41, 5.74) is 3.06. The molecule has 0 saturated heterocycles. The predicted molar refractivity (Wildman–Crippen MR) is 84.9 cm³/mol. The normalized spacial score (nSPS) is 11.0. The van der Waals surface area contributed by atoms with Gasteiger partial charge in [-0.05, 0) is 38.0 Å². The molecule has 5 nitrogen and oxygen atoms in total. The molecule has 3 rings (SSSR count). The second-order valence-corrected chi connectivity index (χ2v) is 5.18. The standard InChI is InChI=1S/C16H19N5/c1-4-8-17-15-14-10-18-21(16(14)20-12(3)19-15)13-7-5-6-11(2)9-13/h5-7,9-10H,4,8H2,1-3H3,(H,17,19,20). The minimum Gasteiger partial charge on any atom is -0.369 e. The van der Waals surface area contributed by atoms with Gasteiger partial charge in [-0.3, -0.25) is 0 Å². The van der Waals surface area contributed by atoms with Crippen molar-refractivity contribution in [2.45, 2.75) is 27.2 Å². The molecule has 0 aliphatic rings. The second kappa shape index (κ2) is 5.52. The van der Waals surface area contributed by atoms with E-state index < -0.39 is 0 Å². The zero-order valence-electron chi connectivity index (χ0n) is 12.6. The number of rotatable bonds is 4. The van der Waals surface area contributed by atoms with Crippen LogP contribution >= 0.6 is 0 Å². The Hall–Kier alpha value is -2.43. The van der Waals surface area contributed by atoms with Gasteiger partial charge in [0.25, 0.3) is 0 Å². The average Bonchev–Trinajstić information content (AvgIpc) is 2.88. The lowest BCUT2D eigenvalue weighted by molar-refractivity contribution is 0.887. The molecule has 0 amide bonds. The summed E-state index contributed by atoms with van der Waals surface area (Å²) in [6.07, 6.45) is 2.88. The number of benzene rings is 1. The lowest BCUT2D eigenvalue weighted by atomic mass is 10.2. The first kappa shape index (κ1) is 13.5. The third-order valence-electron chi connectivity index (χ3n) is 3.33. The van der Waals surface area contributed by atoms with Crippen LogP contribution in [0.4, 0.5) is 5.82 Å². The molecule has 1 aromatic carbocycles. The monoisotopic (exact) mass is 281 g/mol. The van der Waals surface area contributed by atoms with E-state index in [4.69, 9.17) is 0 Å². The smallest absolute Gasteiger partial charge is 0.168 e. The zero-order chi connectivity index (χ0) is 14.8. The quantitative estimate of drug-likeness (QED) is 0.797. The van der Waals surface area contributed by atoms with Crippen LogP contribution in [0.25, 0.3) is 16.7 Å². The number of fused-ring (bicyclic) bond motifs is 1. The highest BCUT2D eigenvalue weighted by Crippen LogP contribution is 2.23. The molecule has 2 aromatic heterocycles. The molecule has 0 saturated carbocycles. The van der Waals surface area contributed by atoms with E-state index >= 15 is 0 Å². The Kier molecular flexibility index (Phi) is 3.56. The van der Waals surface area contributed by atoms with Crippen LogP contribution in [0.15, 0.2) is 30.5 Å². The number of hydrogen-bond donors (Lipinski definition) is 1. The summed E-state index contributed by atoms with van der Waals surface area (Å²) >= 11 is 0. The molecule has 3 aromatic rings. The maximum atomic E-state index is 4.56. The van der Waals surface area contributed by atoms with Gasteiger partial charge in [0.05, 0.1) is 17.3 Å². The molecule has 21 heavy (non-hydrogen) atoms. The molecule has 0 aliphatic heterocycles. The van der Waals surface area contributed by atoms with Crippen LogP contribution in [0.3, 0.4) is 0 Å². The van der Waals surface area contributed by atoms with Crippen molar-refractivity contribution in [1.82, 2.24) is 19.7 Å². The van der Waals surface area contributed by atoms with Crippen LogP contribution in [0.2, 0.25) is 0 Å². The first-order valence-electron chi connectivity index (χ1n) is 7.22. The van der Waals surface area contributed by atoms with E-state index in [2.05, 4.69) is 46.4 Å². The van der Waals surface area contributed by atoms with Crippen molar-refractivity contribution < 1.29 is 0 Å². The van der Waals surface area contributed by atoms with Gasteiger partial charge in [-0.2, -0.15) is 5.10 Å². The van der Waals surface area contributed by atoms with Gasteiger partial charge in [0.1, 0.15) is 11.6 Å². The Balaban J connectivity index is 2.15. The Morgan fingerprint density at radius 3 is 2.81 bits per heavy atom. The molecule has 2 heterocycles. The van der Waals surface area contributed by atoms with Crippen LogP contribution in [-0.4, -0.2) is 26.3 Å². The van der Waals surface area contributed by atoms with Crippen LogP contribution < -0.4 is 5.32 Å². The Labute approximate surface area is 124 Å². The molecular weight excluding hydrogens is 262 g/mol. The Bertz CT molecular complexity index is 775. The van der Waals surface area contributed by atoms with Gasteiger partial charge in [-0.1, -0.05) is 19.1 Å². The number of aryl methyl sites for hydroxylation is 2. The topological polar surface area (TPSA) is 55.6 Å². The summed E-state index contributed by atoms with van der Waals surface area (Å²) in [6, 6.07) is 8.24. The summed E-state index contributed by atoms with van der Waals surface area (Å²) < 4.78 is 1.87. The summed E-state index contributed by atoms with van der Waals surface area (Å²) in [5, 5.41) is 8.79. The van der Waals surface area contributed by atoms with Crippen molar-refractivity contribution in [1.29, 1.82) is 0 Å². The highest BCUT2D eigenvalue weighted by molar-refractivity contribution is 5.87. The average molecular weight is 281 g/mol. The lowest BCUT2D eigenvalue weighted by Gasteiger charge is -2.07. The maximum absolute atomic E-state index is 4.56. The molecule has 1 N–H and O–H groups in total. The van der Waals surface area contributed by atoms with Crippen molar-refractivity contribution >= 4 is 16.9 Å². The SMILES string of the molecule is CCCNc1nc(C)nc2c1cnn2-c1cccc(C)c1. The molecule has 0 fully saturated rings. The highest BCUT2D eigenvalue weighted by atomic mass is 15.3. The van der Waals surface area contributed by atoms with E-state index in [1.807, 2.05) is 29.9 Å². The number of anilines is 1. The zero-order valence-corrected chi connectivity index (χ0v) is 12.6. The summed E-state index contributed by atoms with van der Waals surface area (Å²) in [6.45, 7) is 7.00. The molecular formula is C16H19N5. The van der Waals surface area contributed by atoms with Crippen LogP contribution in [0.1, 0.15) is 24.7 Å². The molecule has 0 aliphatic carbocycles. The first-order chi connectivity index (χ1) is 10.2. The van der Waals surface area contributed by atoms with Crippen LogP contribution in [-0.2, 0) is 0 Å². The van der Waals surface area contributed by atoms with Crippen molar-refractivity contribution in [2.24, 2.45) is 0 Å². The molecule has 0 bridgehead atoms. The lowest BCUT2D eigenvalue weighted by Crippen LogP contribution is -2.05. The van der Waals surface area contributed by atoms with Crippen LogP contribution in [0.5, 0.6) is 0 Å². The molecule has 108 valence electrons. The first-order valence-corrected chi connectivity index (χ1v) is 7.22. The Morgan fingerprint density at radius 1 is 1.19 bits per heavy atom. The van der Waals surface area contributed by atoms with Gasteiger partial charge in [-0.25, -0.2) is 14.6 Å². The number of aromatic nitrogens is 4. The highest BCUT2D eigenvalue weighted by Gasteiger charge is 2.12. The van der Waals surface area contributed by atoms with Crippen molar-refractivity contribution in [3.63, 3.8) is 0 Å². The third-order valence-corrected chi connectivity index (χ3v) is 3.33. The number of nitrogens with zero attached hydrogens (tertiary/aromatic N) is 4. The Morgan fingerprint density at radius 2 is 2.05 bits per heavy atom. The van der Waals surface area contributed by atoms with E-state index in [-0.39, 0.29) is 0 Å². The van der Waals surface area contributed by atoms with E-state index in [9.17, 15) is 0 Å². The molecule has 0 radical (unpaired) electrons. The molecule has 0 spiro atoms. The predicted octanol–water partition coefficient (Wildman–Crippen LogP) is 3.25. The fourth-order valence-corrected chi connectivity index (χ4v) is 2.34. The summed E-state index contributed by atoms with van der Waals surface area (Å²) in [4.78, 5) is 9.05.